The Morgan fingerprint density at radius 2 is 1.40 bits per heavy atom. The summed E-state index contributed by atoms with van der Waals surface area (Å²) in [5.74, 6) is -0.167. The molecule has 15 heavy (non-hydrogen) atoms. The van der Waals surface area contributed by atoms with Gasteiger partial charge in [0.2, 0.25) is 0 Å². The molecule has 0 N–H and O–H groups in total. The number of ether oxygens (including phenoxy) is 2. The van der Waals surface area contributed by atoms with Crippen LogP contribution in [0.3, 0.4) is 0 Å². The lowest BCUT2D eigenvalue weighted by atomic mass is 10.1. The Balaban J connectivity index is 1.83. The average molecular weight is 212 g/mol. The standard InChI is InChI=1S/C13H24O2/c1-3-5-11-7-9-13(14-11)10-8-12(15-13)6-4-2/h11-12H,3-10H2,1-2H3/t11-,12-,13?/m1/s1. The van der Waals surface area contributed by atoms with E-state index in [1.807, 2.05) is 0 Å². The minimum atomic E-state index is -0.167. The molecule has 2 nitrogen and oxygen atoms in total. The van der Waals surface area contributed by atoms with Crippen LogP contribution in [0.5, 0.6) is 0 Å². The van der Waals surface area contributed by atoms with Gasteiger partial charge < -0.3 is 9.47 Å². The third-order valence-corrected chi connectivity index (χ3v) is 3.68. The Kier molecular flexibility index (Phi) is 3.68. The largest absolute Gasteiger partial charge is 0.347 e. The Bertz CT molecular complexity index is 181. The van der Waals surface area contributed by atoms with Crippen molar-refractivity contribution in [1.29, 1.82) is 0 Å². The van der Waals surface area contributed by atoms with Crippen molar-refractivity contribution in [2.75, 3.05) is 0 Å². The lowest BCUT2D eigenvalue weighted by Crippen LogP contribution is -2.29. The van der Waals surface area contributed by atoms with E-state index in [-0.39, 0.29) is 5.79 Å². The first-order chi connectivity index (χ1) is 7.28. The van der Waals surface area contributed by atoms with Gasteiger partial charge in [-0.2, -0.15) is 0 Å². The molecular weight excluding hydrogens is 188 g/mol. The molecule has 0 aromatic heterocycles. The lowest BCUT2D eigenvalue weighted by molar-refractivity contribution is -0.217. The van der Waals surface area contributed by atoms with Crippen molar-refractivity contribution in [1.82, 2.24) is 0 Å². The van der Waals surface area contributed by atoms with Crippen LogP contribution in [0.1, 0.15) is 65.2 Å². The minimum absolute atomic E-state index is 0.167. The van der Waals surface area contributed by atoms with Gasteiger partial charge in [0.05, 0.1) is 12.2 Å². The van der Waals surface area contributed by atoms with Gasteiger partial charge >= 0.3 is 0 Å². The number of hydrogen-bond donors (Lipinski definition) is 0. The highest BCUT2D eigenvalue weighted by Gasteiger charge is 2.46. The van der Waals surface area contributed by atoms with Crippen molar-refractivity contribution >= 4 is 0 Å². The zero-order chi connectivity index (χ0) is 10.7. The molecule has 1 spiro atoms. The molecule has 0 saturated carbocycles. The number of rotatable bonds is 4. The topological polar surface area (TPSA) is 18.5 Å². The maximum atomic E-state index is 6.10. The van der Waals surface area contributed by atoms with Crippen molar-refractivity contribution in [3.63, 3.8) is 0 Å². The van der Waals surface area contributed by atoms with Gasteiger partial charge in [-0.05, 0) is 25.7 Å². The first-order valence-corrected chi connectivity index (χ1v) is 6.63. The fraction of sp³-hybridized carbons (Fsp3) is 1.00. The third kappa shape index (κ3) is 2.54. The van der Waals surface area contributed by atoms with E-state index in [4.69, 9.17) is 9.47 Å². The molecule has 2 saturated heterocycles. The normalized spacial score (nSPS) is 34.0. The van der Waals surface area contributed by atoms with Crippen molar-refractivity contribution in [2.24, 2.45) is 0 Å². The minimum Gasteiger partial charge on any atom is -0.347 e. The molecule has 2 heteroatoms. The third-order valence-electron chi connectivity index (χ3n) is 3.68. The average Bonchev–Trinajstić information content (AvgIpc) is 2.77. The van der Waals surface area contributed by atoms with E-state index in [0.29, 0.717) is 12.2 Å². The fourth-order valence-electron chi connectivity index (χ4n) is 2.93. The van der Waals surface area contributed by atoms with Crippen LogP contribution in [0, 0.1) is 0 Å². The Morgan fingerprint density at radius 3 is 1.80 bits per heavy atom. The second-order valence-corrected chi connectivity index (χ2v) is 5.05. The van der Waals surface area contributed by atoms with E-state index in [0.717, 1.165) is 12.8 Å². The molecule has 2 heterocycles. The summed E-state index contributed by atoms with van der Waals surface area (Å²) >= 11 is 0. The van der Waals surface area contributed by atoms with Crippen LogP contribution in [0.4, 0.5) is 0 Å². The molecule has 2 aliphatic rings. The first-order valence-electron chi connectivity index (χ1n) is 6.63. The van der Waals surface area contributed by atoms with E-state index >= 15 is 0 Å². The second kappa shape index (κ2) is 4.84. The molecule has 0 aliphatic carbocycles. The van der Waals surface area contributed by atoms with Crippen molar-refractivity contribution in [2.45, 2.75) is 83.2 Å². The molecule has 0 aromatic rings. The van der Waals surface area contributed by atoms with Crippen molar-refractivity contribution in [3.8, 4) is 0 Å². The van der Waals surface area contributed by atoms with Crippen molar-refractivity contribution in [3.05, 3.63) is 0 Å². The first kappa shape index (κ1) is 11.4. The van der Waals surface area contributed by atoms with Gasteiger partial charge in [-0.15, -0.1) is 0 Å². The van der Waals surface area contributed by atoms with Gasteiger partial charge in [0.1, 0.15) is 0 Å². The molecule has 0 radical (unpaired) electrons. The Labute approximate surface area is 93.3 Å². The van der Waals surface area contributed by atoms with Crippen LogP contribution in [-0.2, 0) is 9.47 Å². The van der Waals surface area contributed by atoms with Gasteiger partial charge in [0, 0.05) is 12.8 Å². The molecule has 2 fully saturated rings. The smallest absolute Gasteiger partial charge is 0.169 e. The summed E-state index contributed by atoms with van der Waals surface area (Å²) in [4.78, 5) is 0. The zero-order valence-electron chi connectivity index (χ0n) is 10.1. The highest BCUT2D eigenvalue weighted by atomic mass is 16.7. The van der Waals surface area contributed by atoms with E-state index < -0.39 is 0 Å². The molecule has 0 bridgehead atoms. The van der Waals surface area contributed by atoms with Crippen LogP contribution in [0.25, 0.3) is 0 Å². The monoisotopic (exact) mass is 212 g/mol. The second-order valence-electron chi connectivity index (χ2n) is 5.05. The summed E-state index contributed by atoms with van der Waals surface area (Å²) in [6.45, 7) is 4.45. The van der Waals surface area contributed by atoms with E-state index in [1.165, 1.54) is 38.5 Å². The van der Waals surface area contributed by atoms with Crippen molar-refractivity contribution < 1.29 is 9.47 Å². The van der Waals surface area contributed by atoms with E-state index in [9.17, 15) is 0 Å². The van der Waals surface area contributed by atoms with Crippen LogP contribution in [-0.4, -0.2) is 18.0 Å². The van der Waals surface area contributed by atoms with Crippen LogP contribution in [0.15, 0.2) is 0 Å². The molecule has 88 valence electrons. The number of hydrogen-bond acceptors (Lipinski definition) is 2. The molecule has 2 atom stereocenters. The SMILES string of the molecule is CCC[C@@H]1CCC2(CC[C@@H](CCC)O2)O1. The summed E-state index contributed by atoms with van der Waals surface area (Å²) in [5.41, 5.74) is 0. The van der Waals surface area contributed by atoms with Gasteiger partial charge in [-0.25, -0.2) is 0 Å². The summed E-state index contributed by atoms with van der Waals surface area (Å²) in [5, 5.41) is 0. The van der Waals surface area contributed by atoms with Crippen LogP contribution in [0.2, 0.25) is 0 Å². The molecule has 2 rings (SSSR count). The highest BCUT2D eigenvalue weighted by Crippen LogP contribution is 2.43. The van der Waals surface area contributed by atoms with E-state index in [1.54, 1.807) is 0 Å². The molecular formula is C13H24O2. The van der Waals surface area contributed by atoms with Gasteiger partial charge in [-0.3, -0.25) is 0 Å². The predicted octanol–water partition coefficient (Wildman–Crippen LogP) is 3.64. The van der Waals surface area contributed by atoms with Crippen LogP contribution < -0.4 is 0 Å². The van der Waals surface area contributed by atoms with E-state index in [2.05, 4.69) is 13.8 Å². The molecule has 0 amide bonds. The van der Waals surface area contributed by atoms with Crippen LogP contribution >= 0.6 is 0 Å². The summed E-state index contributed by atoms with van der Waals surface area (Å²) in [6, 6.07) is 0. The zero-order valence-corrected chi connectivity index (χ0v) is 10.1. The Morgan fingerprint density at radius 1 is 0.933 bits per heavy atom. The summed E-state index contributed by atoms with van der Waals surface area (Å²) in [6.07, 6.45) is 10.4. The summed E-state index contributed by atoms with van der Waals surface area (Å²) < 4.78 is 12.2. The highest BCUT2D eigenvalue weighted by molar-refractivity contribution is 4.87. The quantitative estimate of drug-likeness (QED) is 0.708. The maximum Gasteiger partial charge on any atom is 0.169 e. The molecule has 2 aliphatic heterocycles. The lowest BCUT2D eigenvalue weighted by Gasteiger charge is -2.24. The van der Waals surface area contributed by atoms with Gasteiger partial charge in [0.25, 0.3) is 0 Å². The fourth-order valence-corrected chi connectivity index (χ4v) is 2.93. The predicted molar refractivity (Wildman–Crippen MR) is 60.8 cm³/mol. The molecule has 0 unspecified atom stereocenters. The molecule has 0 aromatic carbocycles. The van der Waals surface area contributed by atoms with Gasteiger partial charge in [0.15, 0.2) is 5.79 Å². The summed E-state index contributed by atoms with van der Waals surface area (Å²) in [7, 11) is 0. The van der Waals surface area contributed by atoms with Gasteiger partial charge in [-0.1, -0.05) is 26.7 Å². The Hall–Kier alpha value is -0.0800. The maximum absolute atomic E-state index is 6.10.